The Balaban J connectivity index is 2.31. The van der Waals surface area contributed by atoms with Gasteiger partial charge in [-0.05, 0) is 24.3 Å². The summed E-state index contributed by atoms with van der Waals surface area (Å²) in [5.41, 5.74) is -11.6. The van der Waals surface area contributed by atoms with Crippen molar-refractivity contribution in [1.29, 1.82) is 10.5 Å². The van der Waals surface area contributed by atoms with Crippen molar-refractivity contribution < 1.29 is 26.3 Å². The van der Waals surface area contributed by atoms with Crippen molar-refractivity contribution in [3.05, 3.63) is 70.8 Å². The molecular formula is C18H8F6N2. The highest BCUT2D eigenvalue weighted by molar-refractivity contribution is 5.51. The number of alkyl halides is 6. The quantitative estimate of drug-likeness (QED) is 0.721. The third-order valence-corrected chi connectivity index (χ3v) is 4.51. The number of halogens is 6. The van der Waals surface area contributed by atoms with Crippen LogP contribution in [0.2, 0.25) is 0 Å². The molecule has 1 saturated carbocycles. The van der Waals surface area contributed by atoms with Crippen molar-refractivity contribution in [3.63, 3.8) is 0 Å². The second kappa shape index (κ2) is 5.25. The fourth-order valence-electron chi connectivity index (χ4n) is 3.17. The molecule has 0 bridgehead atoms. The third-order valence-electron chi connectivity index (χ3n) is 4.51. The Morgan fingerprint density at radius 2 is 0.962 bits per heavy atom. The van der Waals surface area contributed by atoms with Gasteiger partial charge in [-0.2, -0.15) is 28.1 Å². The van der Waals surface area contributed by atoms with Gasteiger partial charge in [0, 0.05) is 11.1 Å². The van der Waals surface area contributed by atoms with Crippen molar-refractivity contribution in [2.24, 2.45) is 0 Å². The van der Waals surface area contributed by atoms with E-state index in [1.54, 1.807) is 12.1 Å². The first kappa shape index (κ1) is 17.8. The van der Waals surface area contributed by atoms with Gasteiger partial charge in [0.25, 0.3) is 0 Å². The van der Waals surface area contributed by atoms with Crippen molar-refractivity contribution in [2.45, 2.75) is 23.2 Å². The predicted octanol–water partition coefficient (Wildman–Crippen LogP) is 4.74. The van der Waals surface area contributed by atoms with E-state index in [2.05, 4.69) is 0 Å². The molecule has 0 N–H and O–H groups in total. The van der Waals surface area contributed by atoms with Crippen LogP contribution in [0.15, 0.2) is 48.5 Å². The second-order valence-electron chi connectivity index (χ2n) is 5.85. The summed E-state index contributed by atoms with van der Waals surface area (Å²) in [6.45, 7) is 0. The van der Waals surface area contributed by atoms with E-state index in [-0.39, 0.29) is 11.1 Å². The molecule has 1 aliphatic rings. The van der Waals surface area contributed by atoms with Gasteiger partial charge in [-0.3, -0.25) is 0 Å². The molecule has 0 unspecified atom stereocenters. The smallest absolute Gasteiger partial charge is 0.227 e. The minimum atomic E-state index is -5.37. The lowest BCUT2D eigenvalue weighted by Crippen LogP contribution is -2.82. The van der Waals surface area contributed by atoms with Gasteiger partial charge in [0.2, 0.25) is 11.3 Å². The lowest BCUT2D eigenvalue weighted by molar-refractivity contribution is -0.451. The molecule has 3 rings (SSSR count). The molecule has 1 fully saturated rings. The maximum absolute atomic E-state index is 15.4. The zero-order valence-electron chi connectivity index (χ0n) is 12.8. The fraction of sp³-hybridized carbons (Fsp3) is 0.222. The van der Waals surface area contributed by atoms with Crippen LogP contribution in [0.3, 0.4) is 0 Å². The molecule has 0 spiro atoms. The van der Waals surface area contributed by atoms with Gasteiger partial charge in [-0.1, -0.05) is 24.3 Å². The highest BCUT2D eigenvalue weighted by Gasteiger charge is 2.98. The van der Waals surface area contributed by atoms with Crippen LogP contribution in [0.25, 0.3) is 0 Å². The van der Waals surface area contributed by atoms with E-state index in [0.29, 0.717) is 24.3 Å². The number of nitrogens with zero attached hydrogens (tertiary/aromatic N) is 2. The van der Waals surface area contributed by atoms with Gasteiger partial charge >= 0.3 is 11.8 Å². The molecule has 0 heterocycles. The largest absolute Gasteiger partial charge is 0.355 e. The Hall–Kier alpha value is -3.00. The van der Waals surface area contributed by atoms with E-state index in [1.807, 2.05) is 0 Å². The van der Waals surface area contributed by atoms with Crippen molar-refractivity contribution in [3.8, 4) is 12.1 Å². The summed E-state index contributed by atoms with van der Waals surface area (Å²) in [6, 6.07) is 10.0. The van der Waals surface area contributed by atoms with Crippen molar-refractivity contribution in [2.75, 3.05) is 0 Å². The van der Waals surface area contributed by atoms with E-state index in [4.69, 9.17) is 10.5 Å². The van der Waals surface area contributed by atoms with Gasteiger partial charge < -0.3 is 0 Å². The maximum atomic E-state index is 15.4. The standard InChI is InChI=1S/C18H8F6N2/c19-15(13-5-1-3-11(7-13)9-25)16(20,18(23,24)17(15,21)22)14-6-2-4-12(8-14)10-26/h1-8H/t15-,16+. The molecule has 0 aliphatic heterocycles. The van der Waals surface area contributed by atoms with Crippen LogP contribution in [0.5, 0.6) is 0 Å². The van der Waals surface area contributed by atoms with Crippen molar-refractivity contribution >= 4 is 0 Å². The molecule has 2 aromatic carbocycles. The molecule has 0 amide bonds. The highest BCUT2D eigenvalue weighted by Crippen LogP contribution is 2.76. The molecule has 132 valence electrons. The zero-order chi connectivity index (χ0) is 19.4. The molecule has 8 heteroatoms. The van der Waals surface area contributed by atoms with Crippen LogP contribution in [0.1, 0.15) is 22.3 Å². The summed E-state index contributed by atoms with van der Waals surface area (Å²) in [5, 5.41) is 17.7. The normalized spacial score (nSPS) is 28.5. The molecule has 0 saturated heterocycles. The lowest BCUT2D eigenvalue weighted by atomic mass is 9.55. The molecule has 2 aromatic rings. The summed E-state index contributed by atoms with van der Waals surface area (Å²) in [5.74, 6) is -10.7. The third kappa shape index (κ3) is 1.76. The van der Waals surface area contributed by atoms with E-state index < -0.39 is 34.3 Å². The monoisotopic (exact) mass is 366 g/mol. The SMILES string of the molecule is N#Cc1cccc([C@@]2(F)C(F)(F)C(F)(F)[C@@]2(F)c2cccc(C#N)c2)c1. The summed E-state index contributed by atoms with van der Waals surface area (Å²) >= 11 is 0. The van der Waals surface area contributed by atoms with E-state index in [9.17, 15) is 17.6 Å². The first-order chi connectivity index (χ1) is 12.1. The topological polar surface area (TPSA) is 47.6 Å². The van der Waals surface area contributed by atoms with Crippen LogP contribution >= 0.6 is 0 Å². The zero-order valence-corrected chi connectivity index (χ0v) is 12.8. The molecule has 2 nitrogen and oxygen atoms in total. The number of nitriles is 2. The Labute approximate surface area is 143 Å². The van der Waals surface area contributed by atoms with Crippen LogP contribution < -0.4 is 0 Å². The van der Waals surface area contributed by atoms with Gasteiger partial charge in [-0.25, -0.2) is 8.78 Å². The van der Waals surface area contributed by atoms with Gasteiger partial charge in [-0.15, -0.1) is 0 Å². The van der Waals surface area contributed by atoms with Gasteiger partial charge in [0.1, 0.15) is 0 Å². The summed E-state index contributed by atoms with van der Waals surface area (Å²) in [7, 11) is 0. The highest BCUT2D eigenvalue weighted by atomic mass is 19.3. The second-order valence-corrected chi connectivity index (χ2v) is 5.85. The number of rotatable bonds is 2. The Morgan fingerprint density at radius 3 is 1.27 bits per heavy atom. The van der Waals surface area contributed by atoms with Gasteiger partial charge in [0.05, 0.1) is 23.3 Å². The molecule has 0 aromatic heterocycles. The number of hydrogen-bond acceptors (Lipinski definition) is 2. The number of hydrogen-bond donors (Lipinski definition) is 0. The predicted molar refractivity (Wildman–Crippen MR) is 77.8 cm³/mol. The van der Waals surface area contributed by atoms with Crippen LogP contribution in [0, 0.1) is 22.7 Å². The summed E-state index contributed by atoms with van der Waals surface area (Å²) < 4.78 is 87.3. The first-order valence-electron chi connectivity index (χ1n) is 7.22. The Kier molecular flexibility index (Phi) is 3.59. The van der Waals surface area contributed by atoms with E-state index in [0.717, 1.165) is 24.3 Å². The fourth-order valence-corrected chi connectivity index (χ4v) is 3.17. The van der Waals surface area contributed by atoms with Crippen LogP contribution in [0.4, 0.5) is 26.3 Å². The van der Waals surface area contributed by atoms with Crippen molar-refractivity contribution in [1.82, 2.24) is 0 Å². The summed E-state index contributed by atoms with van der Waals surface area (Å²) in [4.78, 5) is 0. The number of benzene rings is 2. The molecule has 2 atom stereocenters. The minimum Gasteiger partial charge on any atom is -0.227 e. The Bertz CT molecular complexity index is 895. The van der Waals surface area contributed by atoms with E-state index in [1.165, 1.54) is 0 Å². The molecule has 1 aliphatic carbocycles. The average molecular weight is 366 g/mol. The molecular weight excluding hydrogens is 358 g/mol. The van der Waals surface area contributed by atoms with Crippen LogP contribution in [-0.4, -0.2) is 11.8 Å². The summed E-state index contributed by atoms with van der Waals surface area (Å²) in [6.07, 6.45) is 0. The van der Waals surface area contributed by atoms with Crippen LogP contribution in [-0.2, 0) is 11.3 Å². The average Bonchev–Trinajstić information content (AvgIpc) is 2.65. The molecule has 0 radical (unpaired) electrons. The minimum absolute atomic E-state index is 0.293. The van der Waals surface area contributed by atoms with E-state index >= 15 is 8.78 Å². The Morgan fingerprint density at radius 1 is 0.615 bits per heavy atom. The van der Waals surface area contributed by atoms with Gasteiger partial charge in [0.15, 0.2) is 0 Å². The molecule has 26 heavy (non-hydrogen) atoms. The maximum Gasteiger partial charge on any atom is 0.355 e. The lowest BCUT2D eigenvalue weighted by Gasteiger charge is -2.58. The first-order valence-corrected chi connectivity index (χ1v) is 7.22.